The maximum absolute atomic E-state index is 14.4. The first-order valence-electron chi connectivity index (χ1n) is 10.1. The highest BCUT2D eigenvalue weighted by Gasteiger charge is 2.24. The van der Waals surface area contributed by atoms with Crippen LogP contribution in [-0.4, -0.2) is 23.9 Å². The standard InChI is InChI=1S/C22H20ClF3N6O2/c1-22(2,3)32-20(33)28-19(27-18-6-12-9-30(4)29-17(12)7-13(18)23)31(21(32)34)10-11-5-15(25)16(26)8-14(11)24/h5-9H,10H2,1-4H3,(H,27,28,33). The van der Waals surface area contributed by atoms with Gasteiger partial charge in [-0.2, -0.15) is 10.1 Å². The lowest BCUT2D eigenvalue weighted by atomic mass is 10.1. The second-order valence-corrected chi connectivity index (χ2v) is 9.18. The Kier molecular flexibility index (Phi) is 5.76. The molecule has 0 atom stereocenters. The van der Waals surface area contributed by atoms with Crippen LogP contribution in [0.1, 0.15) is 26.3 Å². The number of hydrogen-bond acceptors (Lipinski definition) is 5. The number of hydrogen-bond donors (Lipinski definition) is 1. The number of nitrogens with one attached hydrogen (secondary N) is 1. The Bertz CT molecular complexity index is 1550. The van der Waals surface area contributed by atoms with Gasteiger partial charge < -0.3 is 5.32 Å². The summed E-state index contributed by atoms with van der Waals surface area (Å²) in [5.41, 5.74) is -2.01. The molecule has 4 aromatic rings. The maximum atomic E-state index is 14.4. The van der Waals surface area contributed by atoms with Gasteiger partial charge >= 0.3 is 11.4 Å². The summed E-state index contributed by atoms with van der Waals surface area (Å²) in [5, 5.41) is 8.06. The minimum absolute atomic E-state index is 0.228. The Hall–Kier alpha value is -3.60. The number of nitrogens with zero attached hydrogens (tertiary/aromatic N) is 5. The largest absolute Gasteiger partial charge is 0.355 e. The SMILES string of the molecule is Cn1cc2cc(Nc3nc(=O)n(C(C)(C)C)c(=O)n3Cc3cc(F)c(F)cc3F)c(Cl)cc2n1. The van der Waals surface area contributed by atoms with E-state index in [0.717, 1.165) is 14.5 Å². The lowest BCUT2D eigenvalue weighted by molar-refractivity contribution is 0.347. The van der Waals surface area contributed by atoms with E-state index in [2.05, 4.69) is 15.4 Å². The van der Waals surface area contributed by atoms with Gasteiger partial charge in [0.15, 0.2) is 11.6 Å². The number of anilines is 2. The van der Waals surface area contributed by atoms with E-state index in [1.54, 1.807) is 50.8 Å². The molecule has 0 spiro atoms. The summed E-state index contributed by atoms with van der Waals surface area (Å²) in [7, 11) is 1.74. The summed E-state index contributed by atoms with van der Waals surface area (Å²) in [6, 6.07) is 4.28. The topological polar surface area (TPSA) is 86.7 Å². The monoisotopic (exact) mass is 492 g/mol. The van der Waals surface area contributed by atoms with Gasteiger partial charge in [0.2, 0.25) is 5.95 Å². The van der Waals surface area contributed by atoms with Crippen LogP contribution in [0.3, 0.4) is 0 Å². The molecule has 2 aromatic heterocycles. The molecule has 178 valence electrons. The zero-order chi connectivity index (χ0) is 24.9. The zero-order valence-corrected chi connectivity index (χ0v) is 19.4. The third-order valence-electron chi connectivity index (χ3n) is 5.11. The van der Waals surface area contributed by atoms with Gasteiger partial charge in [-0.1, -0.05) is 11.6 Å². The van der Waals surface area contributed by atoms with E-state index < -0.39 is 40.9 Å². The number of rotatable bonds is 4. The fourth-order valence-electron chi connectivity index (χ4n) is 3.55. The van der Waals surface area contributed by atoms with Crippen molar-refractivity contribution in [3.63, 3.8) is 0 Å². The molecular formula is C22H20ClF3N6O2. The molecule has 0 aliphatic heterocycles. The number of fused-ring (bicyclic) bond motifs is 1. The molecule has 0 saturated heterocycles. The zero-order valence-electron chi connectivity index (χ0n) is 18.7. The molecule has 8 nitrogen and oxygen atoms in total. The smallest absolute Gasteiger partial charge is 0.324 e. The molecule has 12 heteroatoms. The van der Waals surface area contributed by atoms with Crippen molar-refractivity contribution >= 4 is 34.1 Å². The fourth-order valence-corrected chi connectivity index (χ4v) is 3.75. The predicted molar refractivity (Wildman–Crippen MR) is 122 cm³/mol. The quantitative estimate of drug-likeness (QED) is 0.436. The Morgan fingerprint density at radius 1 is 1.03 bits per heavy atom. The number of halogens is 4. The summed E-state index contributed by atoms with van der Waals surface area (Å²) in [6.45, 7) is 4.35. The Morgan fingerprint density at radius 2 is 1.71 bits per heavy atom. The van der Waals surface area contributed by atoms with Gasteiger partial charge in [0.05, 0.1) is 22.8 Å². The van der Waals surface area contributed by atoms with Crippen LogP contribution in [0.5, 0.6) is 0 Å². The van der Waals surface area contributed by atoms with Crippen molar-refractivity contribution in [1.82, 2.24) is 23.9 Å². The van der Waals surface area contributed by atoms with Crippen molar-refractivity contribution in [3.05, 3.63) is 79.5 Å². The third-order valence-corrected chi connectivity index (χ3v) is 5.43. The average molecular weight is 493 g/mol. The minimum Gasteiger partial charge on any atom is -0.324 e. The first-order chi connectivity index (χ1) is 15.8. The van der Waals surface area contributed by atoms with Gasteiger partial charge in [-0.15, -0.1) is 0 Å². The summed E-state index contributed by atoms with van der Waals surface area (Å²) >= 11 is 6.36. The second-order valence-electron chi connectivity index (χ2n) is 8.77. The highest BCUT2D eigenvalue weighted by atomic mass is 35.5. The Morgan fingerprint density at radius 3 is 2.38 bits per heavy atom. The highest BCUT2D eigenvalue weighted by molar-refractivity contribution is 6.34. The van der Waals surface area contributed by atoms with Crippen LogP contribution in [-0.2, 0) is 19.1 Å². The molecule has 4 rings (SSSR count). The predicted octanol–water partition coefficient (Wildman–Crippen LogP) is 3.91. The van der Waals surface area contributed by atoms with Gasteiger partial charge in [0.1, 0.15) is 5.82 Å². The van der Waals surface area contributed by atoms with Crippen LogP contribution >= 0.6 is 11.6 Å². The molecular weight excluding hydrogens is 473 g/mol. The molecule has 0 aliphatic rings. The van der Waals surface area contributed by atoms with Gasteiger partial charge in [-0.05, 0) is 39.0 Å². The summed E-state index contributed by atoms with van der Waals surface area (Å²) in [5.74, 6) is -3.94. The minimum atomic E-state index is -1.36. The molecule has 1 N–H and O–H groups in total. The molecule has 2 heterocycles. The summed E-state index contributed by atoms with van der Waals surface area (Å²) in [6.07, 6.45) is 1.74. The van der Waals surface area contributed by atoms with Crippen LogP contribution in [0.25, 0.3) is 10.9 Å². The second kappa shape index (κ2) is 8.32. The molecule has 34 heavy (non-hydrogen) atoms. The van der Waals surface area contributed by atoms with Crippen LogP contribution in [0.4, 0.5) is 24.8 Å². The third kappa shape index (κ3) is 4.30. The summed E-state index contributed by atoms with van der Waals surface area (Å²) < 4.78 is 45.1. The number of aryl methyl sites for hydroxylation is 1. The Balaban J connectivity index is 1.90. The molecule has 0 saturated carbocycles. The molecule has 0 fully saturated rings. The molecule has 0 unspecified atom stereocenters. The molecule has 0 bridgehead atoms. The molecule has 0 radical (unpaired) electrons. The number of benzene rings is 2. The normalized spacial score (nSPS) is 11.9. The van der Waals surface area contributed by atoms with Crippen molar-refractivity contribution in [3.8, 4) is 0 Å². The number of aromatic nitrogens is 5. The maximum Gasteiger partial charge on any atom is 0.355 e. The van der Waals surface area contributed by atoms with Crippen molar-refractivity contribution < 1.29 is 13.2 Å². The van der Waals surface area contributed by atoms with Crippen molar-refractivity contribution in [2.75, 3.05) is 5.32 Å². The summed E-state index contributed by atoms with van der Waals surface area (Å²) in [4.78, 5) is 30.0. The lowest BCUT2D eigenvalue weighted by Gasteiger charge is -2.23. The van der Waals surface area contributed by atoms with Crippen LogP contribution in [0, 0.1) is 17.5 Å². The van der Waals surface area contributed by atoms with E-state index in [1.165, 1.54) is 0 Å². The fraction of sp³-hybridized carbons (Fsp3) is 0.273. The van der Waals surface area contributed by atoms with E-state index in [0.29, 0.717) is 23.3 Å². The van der Waals surface area contributed by atoms with Gasteiger partial charge in [-0.3, -0.25) is 9.25 Å². The van der Waals surface area contributed by atoms with Gasteiger partial charge in [0.25, 0.3) is 0 Å². The lowest BCUT2D eigenvalue weighted by Crippen LogP contribution is -2.49. The molecule has 0 aliphatic carbocycles. The first kappa shape index (κ1) is 23.6. The van der Waals surface area contributed by atoms with Gasteiger partial charge in [0, 0.05) is 35.8 Å². The average Bonchev–Trinajstić information content (AvgIpc) is 3.06. The van der Waals surface area contributed by atoms with E-state index in [1.807, 2.05) is 0 Å². The van der Waals surface area contributed by atoms with Crippen LogP contribution < -0.4 is 16.7 Å². The van der Waals surface area contributed by atoms with E-state index >= 15 is 0 Å². The van der Waals surface area contributed by atoms with E-state index in [4.69, 9.17) is 11.6 Å². The molecule has 2 aromatic carbocycles. The van der Waals surface area contributed by atoms with Gasteiger partial charge in [-0.25, -0.2) is 27.3 Å². The Labute approximate surface area is 196 Å². The van der Waals surface area contributed by atoms with Crippen molar-refractivity contribution in [2.24, 2.45) is 7.05 Å². The first-order valence-corrected chi connectivity index (χ1v) is 10.5. The van der Waals surface area contributed by atoms with Crippen LogP contribution in [0.15, 0.2) is 40.1 Å². The van der Waals surface area contributed by atoms with E-state index in [9.17, 15) is 22.8 Å². The van der Waals surface area contributed by atoms with Crippen LogP contribution in [0.2, 0.25) is 5.02 Å². The van der Waals surface area contributed by atoms with Crippen molar-refractivity contribution in [2.45, 2.75) is 32.9 Å². The molecule has 0 amide bonds. The van der Waals surface area contributed by atoms with Crippen molar-refractivity contribution in [1.29, 1.82) is 0 Å². The highest BCUT2D eigenvalue weighted by Crippen LogP contribution is 2.29. The van der Waals surface area contributed by atoms with E-state index in [-0.39, 0.29) is 16.5 Å².